The van der Waals surface area contributed by atoms with Gasteiger partial charge in [-0.05, 0) is 26.5 Å². The maximum absolute atomic E-state index is 13.0. The molecule has 2 aromatic rings. The SMILES string of the molecule is Cc1ccc(CN2CCc3oc(C)c(C(=O)NCCN4CCN(C)CC4)c3C2)cc1. The van der Waals surface area contributed by atoms with Gasteiger partial charge in [0, 0.05) is 70.9 Å². The molecule has 1 aromatic carbocycles. The second-order valence-corrected chi connectivity index (χ2v) is 8.78. The fourth-order valence-corrected chi connectivity index (χ4v) is 4.45. The van der Waals surface area contributed by atoms with Crippen LogP contribution in [0, 0.1) is 13.8 Å². The number of rotatable bonds is 6. The summed E-state index contributed by atoms with van der Waals surface area (Å²) in [7, 11) is 2.16. The molecule has 0 radical (unpaired) electrons. The Balaban J connectivity index is 1.36. The molecule has 1 N–H and O–H groups in total. The summed E-state index contributed by atoms with van der Waals surface area (Å²) in [6.45, 7) is 12.6. The van der Waals surface area contributed by atoms with Crippen molar-refractivity contribution in [3.63, 3.8) is 0 Å². The fraction of sp³-hybridized carbons (Fsp3) is 0.542. The summed E-state index contributed by atoms with van der Waals surface area (Å²) in [4.78, 5) is 20.1. The van der Waals surface area contributed by atoms with E-state index in [1.807, 2.05) is 6.92 Å². The minimum absolute atomic E-state index is 0.00353. The summed E-state index contributed by atoms with van der Waals surface area (Å²) in [6.07, 6.45) is 0.858. The first-order chi connectivity index (χ1) is 14.5. The average molecular weight is 411 g/mol. The molecular weight excluding hydrogens is 376 g/mol. The minimum Gasteiger partial charge on any atom is -0.465 e. The van der Waals surface area contributed by atoms with Crippen molar-refractivity contribution in [2.75, 3.05) is 52.9 Å². The van der Waals surface area contributed by atoms with E-state index >= 15 is 0 Å². The number of piperazine rings is 1. The number of carbonyl (C=O) groups excluding carboxylic acids is 1. The highest BCUT2D eigenvalue weighted by Crippen LogP contribution is 2.29. The zero-order chi connectivity index (χ0) is 21.1. The van der Waals surface area contributed by atoms with E-state index in [-0.39, 0.29) is 5.91 Å². The van der Waals surface area contributed by atoms with E-state index < -0.39 is 0 Å². The molecule has 1 amide bonds. The molecule has 6 heteroatoms. The number of amides is 1. The maximum atomic E-state index is 13.0. The highest BCUT2D eigenvalue weighted by molar-refractivity contribution is 5.97. The zero-order valence-corrected chi connectivity index (χ0v) is 18.5. The van der Waals surface area contributed by atoms with Crippen LogP contribution < -0.4 is 5.32 Å². The molecule has 2 aliphatic rings. The largest absolute Gasteiger partial charge is 0.465 e. The van der Waals surface area contributed by atoms with Gasteiger partial charge in [0.25, 0.3) is 5.91 Å². The van der Waals surface area contributed by atoms with E-state index in [4.69, 9.17) is 4.42 Å². The standard InChI is InChI=1S/C24H34N4O2/c1-18-4-6-20(7-5-18)16-28-10-8-22-21(17-28)23(19(2)30-22)24(29)25-9-11-27-14-12-26(3)13-15-27/h4-7H,8-17H2,1-3H3,(H,25,29). The molecule has 1 aromatic heterocycles. The van der Waals surface area contributed by atoms with Gasteiger partial charge in [-0.2, -0.15) is 0 Å². The summed E-state index contributed by atoms with van der Waals surface area (Å²) in [5, 5.41) is 3.13. The van der Waals surface area contributed by atoms with Crippen molar-refractivity contribution in [2.24, 2.45) is 0 Å². The quantitative estimate of drug-likeness (QED) is 0.793. The third-order valence-electron chi connectivity index (χ3n) is 6.37. The number of furan rings is 1. The molecule has 0 unspecified atom stereocenters. The Morgan fingerprint density at radius 1 is 1.03 bits per heavy atom. The first-order valence-corrected chi connectivity index (χ1v) is 11.1. The van der Waals surface area contributed by atoms with Gasteiger partial charge in [-0.1, -0.05) is 29.8 Å². The van der Waals surface area contributed by atoms with Gasteiger partial charge in [0.15, 0.2) is 0 Å². The van der Waals surface area contributed by atoms with Gasteiger partial charge in [-0.25, -0.2) is 0 Å². The van der Waals surface area contributed by atoms with Gasteiger partial charge in [0.2, 0.25) is 0 Å². The lowest BCUT2D eigenvalue weighted by Gasteiger charge is -2.32. The minimum atomic E-state index is 0.00353. The van der Waals surface area contributed by atoms with E-state index in [9.17, 15) is 4.79 Å². The number of nitrogens with one attached hydrogen (secondary N) is 1. The van der Waals surface area contributed by atoms with Crippen molar-refractivity contribution in [1.29, 1.82) is 0 Å². The van der Waals surface area contributed by atoms with Crippen LogP contribution in [0.25, 0.3) is 0 Å². The molecule has 162 valence electrons. The molecule has 0 aliphatic carbocycles. The summed E-state index contributed by atoms with van der Waals surface area (Å²) in [5.41, 5.74) is 4.41. The molecule has 6 nitrogen and oxygen atoms in total. The van der Waals surface area contributed by atoms with E-state index in [2.05, 4.69) is 58.3 Å². The molecule has 0 spiro atoms. The Labute approximate surface area is 179 Å². The smallest absolute Gasteiger partial charge is 0.255 e. The molecule has 0 atom stereocenters. The van der Waals surface area contributed by atoms with Crippen molar-refractivity contribution in [3.05, 3.63) is 58.0 Å². The number of likely N-dealkylation sites (N-methyl/N-ethyl adjacent to an activating group) is 1. The second kappa shape index (κ2) is 9.33. The predicted octanol–water partition coefficient (Wildman–Crippen LogP) is 2.43. The van der Waals surface area contributed by atoms with Gasteiger partial charge < -0.3 is 14.6 Å². The van der Waals surface area contributed by atoms with Crippen molar-refractivity contribution >= 4 is 5.91 Å². The van der Waals surface area contributed by atoms with Gasteiger partial charge in [0.05, 0.1) is 5.56 Å². The van der Waals surface area contributed by atoms with E-state index in [0.717, 1.165) is 81.4 Å². The average Bonchev–Trinajstić information content (AvgIpc) is 3.06. The van der Waals surface area contributed by atoms with Gasteiger partial charge in [-0.3, -0.25) is 14.6 Å². The van der Waals surface area contributed by atoms with Crippen molar-refractivity contribution in [2.45, 2.75) is 33.4 Å². The summed E-state index contributed by atoms with van der Waals surface area (Å²) >= 11 is 0. The van der Waals surface area contributed by atoms with Crippen LogP contribution >= 0.6 is 0 Å². The van der Waals surface area contributed by atoms with Crippen LogP contribution in [-0.2, 0) is 19.5 Å². The van der Waals surface area contributed by atoms with E-state index in [0.29, 0.717) is 6.54 Å². The lowest BCUT2D eigenvalue weighted by molar-refractivity contribution is 0.0937. The number of carbonyl (C=O) groups is 1. The Bertz CT molecular complexity index is 866. The van der Waals surface area contributed by atoms with E-state index in [1.54, 1.807) is 0 Å². The molecule has 30 heavy (non-hydrogen) atoms. The Hall–Kier alpha value is -2.15. The number of hydrogen-bond acceptors (Lipinski definition) is 5. The molecule has 3 heterocycles. The lowest BCUT2D eigenvalue weighted by atomic mass is 10.0. The van der Waals surface area contributed by atoms with Crippen molar-refractivity contribution < 1.29 is 9.21 Å². The van der Waals surface area contributed by atoms with Crippen molar-refractivity contribution in [1.82, 2.24) is 20.0 Å². The normalized spacial score (nSPS) is 18.4. The second-order valence-electron chi connectivity index (χ2n) is 8.78. The Morgan fingerprint density at radius 2 is 1.77 bits per heavy atom. The molecule has 2 aliphatic heterocycles. The zero-order valence-electron chi connectivity index (χ0n) is 18.5. The first kappa shape index (κ1) is 21.1. The summed E-state index contributed by atoms with van der Waals surface area (Å²) in [6, 6.07) is 8.70. The summed E-state index contributed by atoms with van der Waals surface area (Å²) < 4.78 is 5.98. The van der Waals surface area contributed by atoms with Gasteiger partial charge in [0.1, 0.15) is 11.5 Å². The maximum Gasteiger partial charge on any atom is 0.255 e. The predicted molar refractivity (Wildman–Crippen MR) is 119 cm³/mol. The van der Waals surface area contributed by atoms with E-state index in [1.165, 1.54) is 11.1 Å². The molecular formula is C24H34N4O2. The number of benzene rings is 1. The molecule has 0 saturated carbocycles. The van der Waals surface area contributed by atoms with Crippen LogP contribution in [0.3, 0.4) is 0 Å². The monoisotopic (exact) mass is 410 g/mol. The van der Waals surface area contributed by atoms with Crippen LogP contribution in [0.1, 0.15) is 38.6 Å². The van der Waals surface area contributed by atoms with Crippen LogP contribution in [0.5, 0.6) is 0 Å². The highest BCUT2D eigenvalue weighted by atomic mass is 16.3. The fourth-order valence-electron chi connectivity index (χ4n) is 4.45. The lowest BCUT2D eigenvalue weighted by Crippen LogP contribution is -2.47. The Morgan fingerprint density at radius 3 is 2.50 bits per heavy atom. The third kappa shape index (κ3) is 4.94. The number of aryl methyl sites for hydroxylation is 2. The molecule has 1 saturated heterocycles. The van der Waals surface area contributed by atoms with Gasteiger partial charge >= 0.3 is 0 Å². The molecule has 4 rings (SSSR count). The van der Waals surface area contributed by atoms with Crippen LogP contribution in [-0.4, -0.2) is 73.5 Å². The van der Waals surface area contributed by atoms with Gasteiger partial charge in [-0.15, -0.1) is 0 Å². The first-order valence-electron chi connectivity index (χ1n) is 11.1. The summed E-state index contributed by atoms with van der Waals surface area (Å²) in [5.74, 6) is 1.73. The third-order valence-corrected chi connectivity index (χ3v) is 6.37. The topological polar surface area (TPSA) is 52.0 Å². The van der Waals surface area contributed by atoms with Crippen molar-refractivity contribution in [3.8, 4) is 0 Å². The Kier molecular flexibility index (Phi) is 6.56. The molecule has 1 fully saturated rings. The van der Waals surface area contributed by atoms with Crippen LogP contribution in [0.2, 0.25) is 0 Å². The number of nitrogens with zero attached hydrogens (tertiary/aromatic N) is 3. The number of hydrogen-bond donors (Lipinski definition) is 1. The number of fused-ring (bicyclic) bond motifs is 1. The highest BCUT2D eigenvalue weighted by Gasteiger charge is 2.28. The van der Waals surface area contributed by atoms with Crippen LogP contribution in [0.15, 0.2) is 28.7 Å². The van der Waals surface area contributed by atoms with Crippen LogP contribution in [0.4, 0.5) is 0 Å². The molecule has 0 bridgehead atoms.